The van der Waals surface area contributed by atoms with Gasteiger partial charge in [0, 0.05) is 5.03 Å². The molecule has 0 aromatic carbocycles. The Morgan fingerprint density at radius 2 is 2.33 bits per heavy atom. The zero-order valence-corrected chi connectivity index (χ0v) is 7.84. The molecule has 0 aromatic rings. The van der Waals surface area contributed by atoms with Gasteiger partial charge in [0.2, 0.25) is 0 Å². The average Bonchev–Trinajstić information content (AvgIpc) is 2.03. The van der Waals surface area contributed by atoms with Crippen molar-refractivity contribution in [3.63, 3.8) is 0 Å². The second-order valence-corrected chi connectivity index (χ2v) is 3.26. The van der Waals surface area contributed by atoms with Crippen LogP contribution in [0.2, 0.25) is 0 Å². The van der Waals surface area contributed by atoms with Gasteiger partial charge in [0.1, 0.15) is 12.0 Å². The van der Waals surface area contributed by atoms with Gasteiger partial charge in [-0.2, -0.15) is 0 Å². The van der Waals surface area contributed by atoms with Gasteiger partial charge in [-0.25, -0.2) is 0 Å². The van der Waals surface area contributed by atoms with E-state index in [1.54, 1.807) is 13.2 Å². The molecule has 0 aliphatic heterocycles. The smallest absolute Gasteiger partial charge is 0.131 e. The van der Waals surface area contributed by atoms with E-state index in [2.05, 4.69) is 0 Å². The van der Waals surface area contributed by atoms with Crippen LogP contribution in [0.4, 0.5) is 0 Å². The Morgan fingerprint density at radius 1 is 1.67 bits per heavy atom. The van der Waals surface area contributed by atoms with Crippen LogP contribution in [0, 0.1) is 11.8 Å². The molecule has 1 aliphatic carbocycles. The molecule has 0 radical (unpaired) electrons. The summed E-state index contributed by atoms with van der Waals surface area (Å²) in [5.41, 5.74) is 0. The molecule has 0 fully saturated rings. The van der Waals surface area contributed by atoms with Crippen LogP contribution in [0.15, 0.2) is 22.9 Å². The van der Waals surface area contributed by atoms with E-state index >= 15 is 0 Å². The summed E-state index contributed by atoms with van der Waals surface area (Å²) in [7, 11) is 1.55. The lowest BCUT2D eigenvalue weighted by atomic mass is 9.89. The largest absolute Gasteiger partial charge is 0.500 e. The molecule has 0 saturated heterocycles. The minimum atomic E-state index is -0.183. The molecule has 0 saturated carbocycles. The summed E-state index contributed by atoms with van der Waals surface area (Å²) in [5.74, 6) is 0.581. The highest BCUT2D eigenvalue weighted by Gasteiger charge is 2.24. The third kappa shape index (κ3) is 1.69. The molecule has 0 spiro atoms. The summed E-state index contributed by atoms with van der Waals surface area (Å²) in [6, 6.07) is 0. The minimum absolute atomic E-state index is 0.120. The SMILES string of the molecule is COC1=CC(Cl)=CC(C)C1C=O. The van der Waals surface area contributed by atoms with Gasteiger partial charge >= 0.3 is 0 Å². The highest BCUT2D eigenvalue weighted by atomic mass is 35.5. The van der Waals surface area contributed by atoms with Crippen molar-refractivity contribution in [1.29, 1.82) is 0 Å². The number of ether oxygens (including phenoxy) is 1. The molecule has 0 heterocycles. The summed E-state index contributed by atoms with van der Waals surface area (Å²) < 4.78 is 5.04. The first kappa shape index (κ1) is 9.33. The van der Waals surface area contributed by atoms with Crippen molar-refractivity contribution in [3.8, 4) is 0 Å². The van der Waals surface area contributed by atoms with Gasteiger partial charge in [0.05, 0.1) is 13.0 Å². The Balaban J connectivity index is 2.92. The molecule has 0 bridgehead atoms. The third-order valence-corrected chi connectivity index (χ3v) is 2.21. The molecule has 1 rings (SSSR count). The minimum Gasteiger partial charge on any atom is -0.500 e. The van der Waals surface area contributed by atoms with Crippen LogP contribution in [0.1, 0.15) is 6.92 Å². The first-order valence-electron chi connectivity index (χ1n) is 3.77. The highest BCUT2D eigenvalue weighted by Crippen LogP contribution is 2.29. The number of aldehydes is 1. The second kappa shape index (κ2) is 3.76. The molecule has 2 nitrogen and oxygen atoms in total. The molecule has 0 N–H and O–H groups in total. The van der Waals surface area contributed by atoms with Crippen LogP contribution in [0.5, 0.6) is 0 Å². The highest BCUT2D eigenvalue weighted by molar-refractivity contribution is 6.31. The summed E-state index contributed by atoms with van der Waals surface area (Å²) in [5, 5.41) is 0.637. The summed E-state index contributed by atoms with van der Waals surface area (Å²) in [4.78, 5) is 10.7. The summed E-state index contributed by atoms with van der Waals surface area (Å²) in [6.45, 7) is 1.94. The van der Waals surface area contributed by atoms with Crippen LogP contribution in [-0.2, 0) is 9.53 Å². The molecule has 3 heteroatoms. The van der Waals surface area contributed by atoms with Crippen molar-refractivity contribution in [2.75, 3.05) is 7.11 Å². The molecule has 2 atom stereocenters. The number of methoxy groups -OCH3 is 1. The normalized spacial score (nSPS) is 28.9. The van der Waals surface area contributed by atoms with Crippen LogP contribution in [0.3, 0.4) is 0 Å². The maximum atomic E-state index is 10.7. The van der Waals surface area contributed by atoms with E-state index in [0.29, 0.717) is 10.8 Å². The van der Waals surface area contributed by atoms with Crippen molar-refractivity contribution in [1.82, 2.24) is 0 Å². The Morgan fingerprint density at radius 3 is 2.83 bits per heavy atom. The lowest BCUT2D eigenvalue weighted by molar-refractivity contribution is -0.111. The molecule has 1 aliphatic rings. The molecular formula is C9H11ClO2. The van der Waals surface area contributed by atoms with Crippen molar-refractivity contribution in [2.24, 2.45) is 11.8 Å². The van der Waals surface area contributed by atoms with Gasteiger partial charge in [-0.05, 0) is 12.0 Å². The summed E-state index contributed by atoms with van der Waals surface area (Å²) in [6.07, 6.45) is 4.42. The Kier molecular flexibility index (Phi) is 2.93. The third-order valence-electron chi connectivity index (χ3n) is 1.98. The number of rotatable bonds is 2. The van der Waals surface area contributed by atoms with Gasteiger partial charge in [-0.1, -0.05) is 24.6 Å². The van der Waals surface area contributed by atoms with Crippen molar-refractivity contribution < 1.29 is 9.53 Å². The maximum Gasteiger partial charge on any atom is 0.131 e. The molecule has 0 aromatic heterocycles. The van der Waals surface area contributed by atoms with E-state index < -0.39 is 0 Å². The number of allylic oxidation sites excluding steroid dienone is 4. The van der Waals surface area contributed by atoms with E-state index in [4.69, 9.17) is 16.3 Å². The predicted octanol–water partition coefficient (Wildman–Crippen LogP) is 2.10. The molecule has 66 valence electrons. The van der Waals surface area contributed by atoms with E-state index in [1.165, 1.54) is 0 Å². The fourth-order valence-corrected chi connectivity index (χ4v) is 1.59. The lowest BCUT2D eigenvalue weighted by Gasteiger charge is -2.21. The van der Waals surface area contributed by atoms with Crippen LogP contribution >= 0.6 is 11.6 Å². The van der Waals surface area contributed by atoms with Crippen molar-refractivity contribution in [2.45, 2.75) is 6.92 Å². The van der Waals surface area contributed by atoms with E-state index in [1.807, 2.05) is 13.0 Å². The monoisotopic (exact) mass is 186 g/mol. The van der Waals surface area contributed by atoms with E-state index in [0.717, 1.165) is 6.29 Å². The Labute approximate surface area is 76.9 Å². The number of halogens is 1. The first-order chi connectivity index (χ1) is 5.69. The number of carbonyl (C=O) groups is 1. The zero-order chi connectivity index (χ0) is 9.14. The Bertz CT molecular complexity index is 243. The van der Waals surface area contributed by atoms with Gasteiger partial charge in [0.15, 0.2) is 0 Å². The van der Waals surface area contributed by atoms with Crippen LogP contribution in [-0.4, -0.2) is 13.4 Å². The van der Waals surface area contributed by atoms with Crippen LogP contribution in [0.25, 0.3) is 0 Å². The van der Waals surface area contributed by atoms with Crippen LogP contribution < -0.4 is 0 Å². The van der Waals surface area contributed by atoms with E-state index in [-0.39, 0.29) is 11.8 Å². The number of carbonyl (C=O) groups excluding carboxylic acids is 1. The lowest BCUT2D eigenvalue weighted by Crippen LogP contribution is -2.18. The second-order valence-electron chi connectivity index (χ2n) is 2.82. The molecular weight excluding hydrogens is 176 g/mol. The topological polar surface area (TPSA) is 26.3 Å². The fourth-order valence-electron chi connectivity index (χ4n) is 1.28. The van der Waals surface area contributed by atoms with Crippen molar-refractivity contribution >= 4 is 17.9 Å². The maximum absolute atomic E-state index is 10.7. The van der Waals surface area contributed by atoms with E-state index in [9.17, 15) is 4.79 Å². The van der Waals surface area contributed by atoms with Gasteiger partial charge in [-0.15, -0.1) is 0 Å². The van der Waals surface area contributed by atoms with Gasteiger partial charge in [-0.3, -0.25) is 0 Å². The Hall–Kier alpha value is -0.760. The fraction of sp³-hybridized carbons (Fsp3) is 0.444. The first-order valence-corrected chi connectivity index (χ1v) is 4.15. The summed E-state index contributed by atoms with van der Waals surface area (Å²) >= 11 is 5.80. The molecule has 2 unspecified atom stereocenters. The standard InChI is InChI=1S/C9H11ClO2/c1-6-3-7(10)4-9(12-2)8(6)5-11/h3-6,8H,1-2H3. The number of hydrogen-bond acceptors (Lipinski definition) is 2. The van der Waals surface area contributed by atoms with Gasteiger partial charge < -0.3 is 9.53 Å². The predicted molar refractivity (Wildman–Crippen MR) is 47.7 cm³/mol. The molecule has 0 amide bonds. The van der Waals surface area contributed by atoms with Gasteiger partial charge in [0.25, 0.3) is 0 Å². The average molecular weight is 187 g/mol. The zero-order valence-electron chi connectivity index (χ0n) is 7.08. The number of hydrogen-bond donors (Lipinski definition) is 0. The molecule has 12 heavy (non-hydrogen) atoms. The quantitative estimate of drug-likeness (QED) is 0.618. The van der Waals surface area contributed by atoms with Crippen molar-refractivity contribution in [3.05, 3.63) is 22.9 Å².